The van der Waals surface area contributed by atoms with Gasteiger partial charge in [-0.1, -0.05) is 12.1 Å². The minimum Gasteiger partial charge on any atom is -0.328 e. The van der Waals surface area contributed by atoms with Crippen molar-refractivity contribution in [3.05, 3.63) is 52.1 Å². The van der Waals surface area contributed by atoms with Gasteiger partial charge in [0.1, 0.15) is 11.9 Å². The lowest BCUT2D eigenvalue weighted by Gasteiger charge is -2.08. The van der Waals surface area contributed by atoms with Gasteiger partial charge in [-0.2, -0.15) is 10.4 Å². The monoisotopic (exact) mass is 286 g/mol. The molecular formula is C16H19FN4. The second-order valence-corrected chi connectivity index (χ2v) is 5.38. The highest BCUT2D eigenvalue weighted by Gasteiger charge is 2.15. The first-order valence-corrected chi connectivity index (χ1v) is 6.90. The van der Waals surface area contributed by atoms with Gasteiger partial charge in [0.15, 0.2) is 0 Å². The minimum absolute atomic E-state index is 0.0544. The Kier molecular flexibility index (Phi) is 4.39. The van der Waals surface area contributed by atoms with Gasteiger partial charge in [0, 0.05) is 17.3 Å². The molecule has 0 aliphatic carbocycles. The summed E-state index contributed by atoms with van der Waals surface area (Å²) in [5.74, 6) is -0.471. The molecule has 2 aromatic rings. The lowest BCUT2D eigenvalue weighted by Crippen LogP contribution is -2.18. The highest BCUT2D eigenvalue weighted by Crippen LogP contribution is 2.18. The third kappa shape index (κ3) is 3.11. The van der Waals surface area contributed by atoms with Gasteiger partial charge in [0.2, 0.25) is 0 Å². The van der Waals surface area contributed by atoms with E-state index in [2.05, 4.69) is 5.10 Å². The SMILES string of the molecule is Cc1nn(Cc2cccc(C#N)c2F)c(C)c1CC(C)N. The molecule has 1 unspecified atom stereocenters. The van der Waals surface area contributed by atoms with Crippen LogP contribution in [0.4, 0.5) is 4.39 Å². The summed E-state index contributed by atoms with van der Waals surface area (Å²) >= 11 is 0. The Morgan fingerprint density at radius 1 is 1.43 bits per heavy atom. The van der Waals surface area contributed by atoms with Crippen LogP contribution >= 0.6 is 0 Å². The van der Waals surface area contributed by atoms with Crippen LogP contribution in [0.3, 0.4) is 0 Å². The Labute approximate surface area is 124 Å². The lowest BCUT2D eigenvalue weighted by molar-refractivity contribution is 0.575. The Bertz CT molecular complexity index is 695. The van der Waals surface area contributed by atoms with Crippen LogP contribution in [-0.2, 0) is 13.0 Å². The van der Waals surface area contributed by atoms with Gasteiger partial charge in [-0.3, -0.25) is 4.68 Å². The maximum Gasteiger partial charge on any atom is 0.146 e. The van der Waals surface area contributed by atoms with Crippen molar-refractivity contribution in [1.82, 2.24) is 9.78 Å². The lowest BCUT2D eigenvalue weighted by atomic mass is 10.1. The second kappa shape index (κ2) is 6.06. The molecule has 110 valence electrons. The largest absolute Gasteiger partial charge is 0.328 e. The molecule has 0 fully saturated rings. The van der Waals surface area contributed by atoms with Crippen LogP contribution in [0.25, 0.3) is 0 Å². The molecule has 0 aliphatic heterocycles. The number of hydrogen-bond acceptors (Lipinski definition) is 3. The summed E-state index contributed by atoms with van der Waals surface area (Å²) in [6, 6.07) is 6.75. The molecule has 0 aliphatic rings. The molecule has 0 bridgehead atoms. The molecule has 0 amide bonds. The zero-order valence-electron chi connectivity index (χ0n) is 12.5. The van der Waals surface area contributed by atoms with E-state index in [0.717, 1.165) is 23.4 Å². The van der Waals surface area contributed by atoms with Crippen LogP contribution < -0.4 is 5.73 Å². The van der Waals surface area contributed by atoms with Crippen molar-refractivity contribution in [3.63, 3.8) is 0 Å². The third-order valence-electron chi connectivity index (χ3n) is 3.58. The maximum atomic E-state index is 14.1. The van der Waals surface area contributed by atoms with Crippen LogP contribution in [0.2, 0.25) is 0 Å². The van der Waals surface area contributed by atoms with Crippen LogP contribution in [-0.4, -0.2) is 15.8 Å². The molecule has 1 aromatic heterocycles. The first-order chi connectivity index (χ1) is 9.93. The molecule has 0 saturated carbocycles. The summed E-state index contributed by atoms with van der Waals surface area (Å²) < 4.78 is 15.9. The summed E-state index contributed by atoms with van der Waals surface area (Å²) in [6.07, 6.45) is 0.748. The molecule has 4 nitrogen and oxygen atoms in total. The van der Waals surface area contributed by atoms with Gasteiger partial charge >= 0.3 is 0 Å². The van der Waals surface area contributed by atoms with Gasteiger partial charge in [-0.05, 0) is 38.8 Å². The van der Waals surface area contributed by atoms with E-state index in [1.807, 2.05) is 26.8 Å². The fraction of sp³-hybridized carbons (Fsp3) is 0.375. The van der Waals surface area contributed by atoms with Crippen molar-refractivity contribution in [2.75, 3.05) is 0 Å². The Morgan fingerprint density at radius 2 is 2.14 bits per heavy atom. The maximum absolute atomic E-state index is 14.1. The van der Waals surface area contributed by atoms with Crippen molar-refractivity contribution in [2.24, 2.45) is 5.73 Å². The molecule has 0 radical (unpaired) electrons. The Morgan fingerprint density at radius 3 is 2.76 bits per heavy atom. The predicted octanol–water partition coefficient (Wildman–Crippen LogP) is 2.45. The van der Waals surface area contributed by atoms with E-state index in [4.69, 9.17) is 11.0 Å². The van der Waals surface area contributed by atoms with E-state index in [0.29, 0.717) is 12.1 Å². The quantitative estimate of drug-likeness (QED) is 0.938. The molecule has 1 atom stereocenters. The molecule has 1 heterocycles. The first-order valence-electron chi connectivity index (χ1n) is 6.90. The molecule has 0 spiro atoms. The fourth-order valence-corrected chi connectivity index (χ4v) is 2.45. The summed E-state index contributed by atoms with van der Waals surface area (Å²) in [4.78, 5) is 0. The summed E-state index contributed by atoms with van der Waals surface area (Å²) in [5, 5.41) is 13.4. The summed E-state index contributed by atoms with van der Waals surface area (Å²) in [6.45, 7) is 6.16. The number of nitriles is 1. The molecule has 21 heavy (non-hydrogen) atoms. The van der Waals surface area contributed by atoms with Crippen LogP contribution in [0.15, 0.2) is 18.2 Å². The zero-order chi connectivity index (χ0) is 15.6. The molecule has 0 saturated heterocycles. The van der Waals surface area contributed by atoms with Crippen molar-refractivity contribution in [2.45, 2.75) is 39.8 Å². The van der Waals surface area contributed by atoms with Crippen molar-refractivity contribution >= 4 is 0 Å². The van der Waals surface area contributed by atoms with E-state index in [1.54, 1.807) is 16.8 Å². The fourth-order valence-electron chi connectivity index (χ4n) is 2.45. The van der Waals surface area contributed by atoms with Crippen LogP contribution in [0.1, 0.15) is 35.0 Å². The number of aryl methyl sites for hydroxylation is 1. The smallest absolute Gasteiger partial charge is 0.146 e. The first kappa shape index (κ1) is 15.2. The molecule has 5 heteroatoms. The van der Waals surface area contributed by atoms with Gasteiger partial charge in [-0.15, -0.1) is 0 Å². The van der Waals surface area contributed by atoms with E-state index >= 15 is 0 Å². The zero-order valence-corrected chi connectivity index (χ0v) is 12.5. The van der Waals surface area contributed by atoms with Crippen LogP contribution in [0, 0.1) is 31.0 Å². The highest BCUT2D eigenvalue weighted by atomic mass is 19.1. The second-order valence-electron chi connectivity index (χ2n) is 5.38. The van der Waals surface area contributed by atoms with E-state index < -0.39 is 5.82 Å². The predicted molar refractivity (Wildman–Crippen MR) is 79.3 cm³/mol. The van der Waals surface area contributed by atoms with E-state index in [-0.39, 0.29) is 11.6 Å². The Hall–Kier alpha value is -2.19. The molecular weight excluding hydrogens is 267 g/mol. The van der Waals surface area contributed by atoms with Gasteiger partial charge < -0.3 is 5.73 Å². The Balaban J connectivity index is 2.35. The number of aromatic nitrogens is 2. The van der Waals surface area contributed by atoms with Crippen molar-refractivity contribution < 1.29 is 4.39 Å². The summed E-state index contributed by atoms with van der Waals surface area (Å²) in [5.41, 5.74) is 9.40. The van der Waals surface area contributed by atoms with Crippen LogP contribution in [0.5, 0.6) is 0 Å². The highest BCUT2D eigenvalue weighted by molar-refractivity contribution is 5.35. The van der Waals surface area contributed by atoms with E-state index in [9.17, 15) is 4.39 Å². The average Bonchev–Trinajstić information content (AvgIpc) is 2.68. The number of rotatable bonds is 4. The standard InChI is InChI=1S/C16H19FN4/c1-10(19)7-15-11(2)20-21(12(15)3)9-14-6-4-5-13(8-18)16(14)17/h4-6,10H,7,9,19H2,1-3H3. The molecule has 1 aromatic carbocycles. The number of halogens is 1. The molecule has 2 N–H and O–H groups in total. The number of nitrogens with zero attached hydrogens (tertiary/aromatic N) is 3. The van der Waals surface area contributed by atoms with E-state index in [1.165, 1.54) is 6.07 Å². The normalized spacial score (nSPS) is 12.2. The number of nitrogens with two attached hydrogens (primary N) is 1. The van der Waals surface area contributed by atoms with Crippen molar-refractivity contribution in [1.29, 1.82) is 5.26 Å². The van der Waals surface area contributed by atoms with Gasteiger partial charge in [0.25, 0.3) is 0 Å². The molecule has 2 rings (SSSR count). The topological polar surface area (TPSA) is 67.6 Å². The van der Waals surface area contributed by atoms with Crippen molar-refractivity contribution in [3.8, 4) is 6.07 Å². The minimum atomic E-state index is -0.471. The van der Waals surface area contributed by atoms with Gasteiger partial charge in [-0.25, -0.2) is 4.39 Å². The van der Waals surface area contributed by atoms with Gasteiger partial charge in [0.05, 0.1) is 17.8 Å². The number of benzene rings is 1. The third-order valence-corrected chi connectivity index (χ3v) is 3.58. The average molecular weight is 286 g/mol. The number of hydrogen-bond donors (Lipinski definition) is 1. The summed E-state index contributed by atoms with van der Waals surface area (Å²) in [7, 11) is 0.